The third kappa shape index (κ3) is 23.2. The van der Waals surface area contributed by atoms with Crippen molar-refractivity contribution in [1.82, 2.24) is 0 Å². The van der Waals surface area contributed by atoms with Crippen LogP contribution in [0.5, 0.6) is 11.5 Å². The molecule has 3 heteroatoms. The van der Waals surface area contributed by atoms with Gasteiger partial charge in [0, 0.05) is 6.07 Å². The Labute approximate surface area is 243 Å². The maximum absolute atomic E-state index is 9.64. The molecule has 1 aromatic rings. The van der Waals surface area contributed by atoms with Crippen molar-refractivity contribution in [2.75, 3.05) is 13.2 Å². The molecule has 0 aliphatic heterocycles. The summed E-state index contributed by atoms with van der Waals surface area (Å²) < 4.78 is 12.0. The van der Waals surface area contributed by atoms with Crippen LogP contribution in [0, 0.1) is 0 Å². The van der Waals surface area contributed by atoms with E-state index in [1.807, 2.05) is 18.2 Å². The number of hydrogen-bond donors (Lipinski definition) is 1. The molecule has 0 aromatic heterocycles. The van der Waals surface area contributed by atoms with Gasteiger partial charge in [0.15, 0.2) is 0 Å². The first kappa shape index (κ1) is 35.8. The van der Waals surface area contributed by atoms with E-state index in [1.165, 1.54) is 148 Å². The lowest BCUT2D eigenvalue weighted by atomic mass is 10.0. The van der Waals surface area contributed by atoms with E-state index in [2.05, 4.69) is 13.8 Å². The van der Waals surface area contributed by atoms with E-state index < -0.39 is 0 Å². The fourth-order valence-corrected chi connectivity index (χ4v) is 5.33. The number of benzene rings is 1. The van der Waals surface area contributed by atoms with E-state index in [1.54, 1.807) is 0 Å². The summed E-state index contributed by atoms with van der Waals surface area (Å²) in [5, 5.41) is 9.64. The van der Waals surface area contributed by atoms with E-state index >= 15 is 0 Å². The van der Waals surface area contributed by atoms with Crippen molar-refractivity contribution in [3.05, 3.63) is 23.8 Å². The Hall–Kier alpha value is -1.22. The Morgan fingerprint density at radius 1 is 0.410 bits per heavy atom. The second kappa shape index (κ2) is 28.3. The molecule has 0 bridgehead atoms. The largest absolute Gasteiger partial charge is 0.493 e. The Morgan fingerprint density at radius 3 is 0.974 bits per heavy atom. The minimum atomic E-state index is 0.0185. The van der Waals surface area contributed by atoms with Crippen molar-refractivity contribution < 1.29 is 14.6 Å². The van der Waals surface area contributed by atoms with E-state index in [-0.39, 0.29) is 6.61 Å². The summed E-state index contributed by atoms with van der Waals surface area (Å²) >= 11 is 0. The Balaban J connectivity index is 1.99. The normalized spacial score (nSPS) is 11.3. The molecule has 0 atom stereocenters. The van der Waals surface area contributed by atoms with Crippen LogP contribution in [0.2, 0.25) is 0 Å². The highest BCUT2D eigenvalue weighted by Gasteiger charge is 2.04. The van der Waals surface area contributed by atoms with Crippen molar-refractivity contribution in [3.8, 4) is 11.5 Å². The van der Waals surface area contributed by atoms with Gasteiger partial charge in [-0.25, -0.2) is 0 Å². The van der Waals surface area contributed by atoms with Crippen LogP contribution in [-0.4, -0.2) is 18.3 Å². The average Bonchev–Trinajstić information content (AvgIpc) is 2.95. The minimum Gasteiger partial charge on any atom is -0.493 e. The van der Waals surface area contributed by atoms with Gasteiger partial charge < -0.3 is 14.6 Å². The highest BCUT2D eigenvalue weighted by atomic mass is 16.5. The number of rotatable bonds is 30. The molecule has 0 aliphatic rings. The maximum Gasteiger partial charge on any atom is 0.123 e. The number of unbranched alkanes of at least 4 members (excludes halogenated alkanes) is 23. The molecule has 3 nitrogen and oxygen atoms in total. The van der Waals surface area contributed by atoms with Crippen molar-refractivity contribution in [3.63, 3.8) is 0 Å². The Kier molecular flexibility index (Phi) is 26.0. The lowest BCUT2D eigenvalue weighted by Gasteiger charge is -2.12. The first-order valence-electron chi connectivity index (χ1n) is 17.3. The van der Waals surface area contributed by atoms with Crippen LogP contribution < -0.4 is 9.47 Å². The monoisotopic (exact) mass is 547 g/mol. The molecule has 0 unspecified atom stereocenters. The van der Waals surface area contributed by atoms with Crippen LogP contribution in [0.3, 0.4) is 0 Å². The summed E-state index contributed by atoms with van der Waals surface area (Å²) in [6, 6.07) is 5.87. The zero-order valence-electron chi connectivity index (χ0n) is 26.3. The minimum absolute atomic E-state index is 0.0185. The zero-order valence-corrected chi connectivity index (χ0v) is 26.3. The predicted molar refractivity (Wildman–Crippen MR) is 170 cm³/mol. The van der Waals surface area contributed by atoms with Gasteiger partial charge in [-0.05, 0) is 30.5 Å². The van der Waals surface area contributed by atoms with Crippen LogP contribution in [0.1, 0.15) is 180 Å². The van der Waals surface area contributed by atoms with Crippen LogP contribution >= 0.6 is 0 Å². The fraction of sp³-hybridized carbons (Fsp3) is 0.833. The Bertz CT molecular complexity index is 630. The van der Waals surface area contributed by atoms with Gasteiger partial charge in [0.05, 0.1) is 19.8 Å². The highest BCUT2D eigenvalue weighted by molar-refractivity contribution is 5.38. The molecular weight excluding hydrogens is 480 g/mol. The summed E-state index contributed by atoms with van der Waals surface area (Å²) in [7, 11) is 0. The lowest BCUT2D eigenvalue weighted by molar-refractivity contribution is 0.271. The van der Waals surface area contributed by atoms with E-state index in [0.717, 1.165) is 43.1 Å². The van der Waals surface area contributed by atoms with Gasteiger partial charge in [-0.2, -0.15) is 0 Å². The molecule has 0 saturated carbocycles. The van der Waals surface area contributed by atoms with Gasteiger partial charge in [-0.3, -0.25) is 0 Å². The molecule has 0 amide bonds. The molecule has 0 saturated heterocycles. The summed E-state index contributed by atoms with van der Waals surface area (Å²) in [5.74, 6) is 1.65. The summed E-state index contributed by atoms with van der Waals surface area (Å²) in [6.45, 7) is 6.06. The summed E-state index contributed by atoms with van der Waals surface area (Å²) in [5.41, 5.74) is 0.863. The van der Waals surface area contributed by atoms with Crippen LogP contribution in [0.25, 0.3) is 0 Å². The van der Waals surface area contributed by atoms with Gasteiger partial charge >= 0.3 is 0 Å². The quantitative estimate of drug-likeness (QED) is 0.0975. The maximum atomic E-state index is 9.64. The second-order valence-electron chi connectivity index (χ2n) is 11.8. The summed E-state index contributed by atoms with van der Waals surface area (Å²) in [4.78, 5) is 0. The molecule has 1 aromatic carbocycles. The molecule has 1 rings (SSSR count). The average molecular weight is 547 g/mol. The molecule has 228 valence electrons. The summed E-state index contributed by atoms with van der Waals surface area (Å²) in [6.07, 6.45) is 33.9. The molecule has 1 N–H and O–H groups in total. The zero-order chi connectivity index (χ0) is 28.1. The third-order valence-electron chi connectivity index (χ3n) is 7.91. The second-order valence-corrected chi connectivity index (χ2v) is 11.8. The topological polar surface area (TPSA) is 38.7 Å². The molecule has 0 radical (unpaired) electrons. The van der Waals surface area contributed by atoms with Crippen molar-refractivity contribution in [2.24, 2.45) is 0 Å². The molecule has 39 heavy (non-hydrogen) atoms. The SMILES string of the molecule is CCCCCCCCCCCCCCCCCCOc1cc(CO)cc(OCCCCCCCCCCC)c1. The molecule has 0 fully saturated rings. The van der Waals surface area contributed by atoms with Crippen molar-refractivity contribution >= 4 is 0 Å². The van der Waals surface area contributed by atoms with Crippen molar-refractivity contribution in [2.45, 2.75) is 181 Å². The van der Waals surface area contributed by atoms with Crippen LogP contribution in [0.4, 0.5) is 0 Å². The standard InChI is InChI=1S/C36H66O3/c1-3-5-7-9-11-13-14-15-16-17-18-19-21-23-25-27-29-39-36-31-34(33-37)30-35(32-36)38-28-26-24-22-20-12-10-8-6-4-2/h30-32,37H,3-29,33H2,1-2H3. The molecule has 0 spiro atoms. The highest BCUT2D eigenvalue weighted by Crippen LogP contribution is 2.24. The Morgan fingerprint density at radius 2 is 0.692 bits per heavy atom. The number of aliphatic hydroxyl groups is 1. The number of hydrogen-bond acceptors (Lipinski definition) is 3. The van der Waals surface area contributed by atoms with Crippen molar-refractivity contribution in [1.29, 1.82) is 0 Å². The van der Waals surface area contributed by atoms with Gasteiger partial charge in [0.1, 0.15) is 11.5 Å². The number of aliphatic hydroxyl groups excluding tert-OH is 1. The van der Waals surface area contributed by atoms with E-state index in [4.69, 9.17) is 9.47 Å². The van der Waals surface area contributed by atoms with Gasteiger partial charge in [-0.1, -0.05) is 162 Å². The first-order valence-corrected chi connectivity index (χ1v) is 17.3. The molecule has 0 aliphatic carbocycles. The lowest BCUT2D eigenvalue weighted by Crippen LogP contribution is -2.01. The molecular formula is C36H66O3. The van der Waals surface area contributed by atoms with Gasteiger partial charge in [0.25, 0.3) is 0 Å². The van der Waals surface area contributed by atoms with Crippen LogP contribution in [0.15, 0.2) is 18.2 Å². The van der Waals surface area contributed by atoms with Crippen LogP contribution in [-0.2, 0) is 6.61 Å². The smallest absolute Gasteiger partial charge is 0.123 e. The fourth-order valence-electron chi connectivity index (χ4n) is 5.33. The number of ether oxygens (including phenoxy) is 2. The molecule has 0 heterocycles. The van der Waals surface area contributed by atoms with Gasteiger partial charge in [0.2, 0.25) is 0 Å². The van der Waals surface area contributed by atoms with E-state index in [9.17, 15) is 5.11 Å². The predicted octanol–water partition coefficient (Wildman–Crippen LogP) is 11.7. The van der Waals surface area contributed by atoms with E-state index in [0.29, 0.717) is 0 Å². The van der Waals surface area contributed by atoms with Gasteiger partial charge in [-0.15, -0.1) is 0 Å². The first-order chi connectivity index (χ1) is 19.3. The third-order valence-corrected chi connectivity index (χ3v) is 7.91.